The maximum absolute atomic E-state index is 13.0. The van der Waals surface area contributed by atoms with Gasteiger partial charge >= 0.3 is 6.18 Å². The number of nitrogens with zero attached hydrogens (tertiary/aromatic N) is 1. The molecule has 2 aromatic carbocycles. The summed E-state index contributed by atoms with van der Waals surface area (Å²) in [4.78, 5) is 2.14. The second-order valence-corrected chi connectivity index (χ2v) is 9.35. The van der Waals surface area contributed by atoms with Crippen molar-refractivity contribution in [3.05, 3.63) is 70.8 Å². The average Bonchev–Trinajstić information content (AvgIpc) is 2.67. The smallest absolute Gasteiger partial charge is 0.371 e. The maximum Gasteiger partial charge on any atom is 0.416 e. The van der Waals surface area contributed by atoms with Crippen LogP contribution in [0, 0.1) is 0 Å². The first-order valence-electron chi connectivity index (χ1n) is 9.58. The molecule has 0 amide bonds. The van der Waals surface area contributed by atoms with Crippen molar-refractivity contribution < 1.29 is 26.3 Å². The fourth-order valence-corrected chi connectivity index (χ4v) is 4.30. The lowest BCUT2D eigenvalue weighted by molar-refractivity contribution is -0.137. The highest BCUT2D eigenvalue weighted by Gasteiger charge is 2.31. The molecule has 3 rings (SSSR count). The maximum atomic E-state index is 13.0. The van der Waals surface area contributed by atoms with Crippen LogP contribution in [0.15, 0.2) is 48.5 Å². The summed E-state index contributed by atoms with van der Waals surface area (Å²) < 4.78 is 70.0. The summed E-state index contributed by atoms with van der Waals surface area (Å²) in [6.45, 7) is 4.03. The normalized spacial score (nSPS) is 18.9. The number of alkyl halides is 3. The van der Waals surface area contributed by atoms with Gasteiger partial charge in [0.05, 0.1) is 24.5 Å². The third kappa shape index (κ3) is 7.47. The number of halogens is 4. The number of benzene rings is 2. The quantitative estimate of drug-likeness (QED) is 0.672. The van der Waals surface area contributed by atoms with Gasteiger partial charge in [-0.2, -0.15) is 13.2 Å². The molecule has 31 heavy (non-hydrogen) atoms. The van der Waals surface area contributed by atoms with E-state index in [9.17, 15) is 21.6 Å². The molecule has 2 atom stereocenters. The van der Waals surface area contributed by atoms with Gasteiger partial charge in [0.1, 0.15) is 0 Å². The Hall–Kier alpha value is -1.65. The largest absolute Gasteiger partial charge is 0.416 e. The molecule has 172 valence electrons. The summed E-state index contributed by atoms with van der Waals surface area (Å²) in [5, 5.41) is 0. The van der Waals surface area contributed by atoms with E-state index >= 15 is 0 Å². The monoisotopic (exact) mass is 478 g/mol. The van der Waals surface area contributed by atoms with Crippen LogP contribution in [0.4, 0.5) is 13.2 Å². The average molecular weight is 479 g/mol. The summed E-state index contributed by atoms with van der Waals surface area (Å²) >= 11 is 0. The van der Waals surface area contributed by atoms with E-state index in [4.69, 9.17) is 4.74 Å². The predicted molar refractivity (Wildman–Crippen MR) is 115 cm³/mol. The van der Waals surface area contributed by atoms with Gasteiger partial charge < -0.3 is 4.74 Å². The molecule has 0 bridgehead atoms. The lowest BCUT2D eigenvalue weighted by Crippen LogP contribution is -2.37. The second kappa shape index (κ2) is 10.3. The van der Waals surface area contributed by atoms with Gasteiger partial charge in [-0.3, -0.25) is 4.90 Å². The van der Waals surface area contributed by atoms with E-state index in [0.29, 0.717) is 31.8 Å². The standard InChI is InChI=1S/C21H25F3N2O3S.ClH/c1-15(25-30(2,27)28)17-8-6-16(7-9-17)13-26-10-11-29-20(14-26)18-4-3-5-19(12-18)21(22,23)24;/h3-9,12,15,20,25H,10-11,13-14H2,1-2H3;1H/t15-,20?;/m1./s1. The van der Waals surface area contributed by atoms with Crippen LogP contribution >= 0.6 is 12.4 Å². The Morgan fingerprint density at radius 3 is 2.48 bits per heavy atom. The first-order valence-corrected chi connectivity index (χ1v) is 11.5. The first-order chi connectivity index (χ1) is 14.0. The number of rotatable bonds is 6. The molecule has 0 aromatic heterocycles. The molecule has 1 unspecified atom stereocenters. The Balaban J connectivity index is 0.00000341. The lowest BCUT2D eigenvalue weighted by atomic mass is 10.0. The molecular weight excluding hydrogens is 453 g/mol. The van der Waals surface area contributed by atoms with Crippen LogP contribution in [0.25, 0.3) is 0 Å². The van der Waals surface area contributed by atoms with Crippen molar-refractivity contribution >= 4 is 22.4 Å². The van der Waals surface area contributed by atoms with Crippen LogP contribution in [0.1, 0.15) is 41.3 Å². The van der Waals surface area contributed by atoms with Gasteiger partial charge in [0.2, 0.25) is 10.0 Å². The molecule has 5 nitrogen and oxygen atoms in total. The van der Waals surface area contributed by atoms with Gasteiger partial charge in [-0.25, -0.2) is 13.1 Å². The van der Waals surface area contributed by atoms with E-state index in [1.165, 1.54) is 6.07 Å². The van der Waals surface area contributed by atoms with E-state index in [0.717, 1.165) is 29.5 Å². The molecule has 0 saturated carbocycles. The third-order valence-electron chi connectivity index (χ3n) is 5.01. The Bertz CT molecular complexity index is 969. The number of morpholine rings is 1. The lowest BCUT2D eigenvalue weighted by Gasteiger charge is -2.33. The van der Waals surface area contributed by atoms with Crippen molar-refractivity contribution in [2.75, 3.05) is 26.0 Å². The fourth-order valence-electron chi connectivity index (χ4n) is 3.52. The Morgan fingerprint density at radius 2 is 1.87 bits per heavy atom. The molecule has 2 aromatic rings. The number of ether oxygens (including phenoxy) is 1. The van der Waals surface area contributed by atoms with Crippen LogP contribution in [0.2, 0.25) is 0 Å². The van der Waals surface area contributed by atoms with Gasteiger partial charge in [-0.1, -0.05) is 36.4 Å². The third-order valence-corrected chi connectivity index (χ3v) is 5.79. The van der Waals surface area contributed by atoms with E-state index in [-0.39, 0.29) is 18.4 Å². The van der Waals surface area contributed by atoms with Gasteiger partial charge in [0.25, 0.3) is 0 Å². The van der Waals surface area contributed by atoms with Gasteiger partial charge in [0.15, 0.2) is 0 Å². The van der Waals surface area contributed by atoms with Crippen molar-refractivity contribution in [3.8, 4) is 0 Å². The zero-order chi connectivity index (χ0) is 21.9. The fraction of sp³-hybridized carbons (Fsp3) is 0.429. The van der Waals surface area contributed by atoms with E-state index in [1.54, 1.807) is 13.0 Å². The Labute approximate surface area is 187 Å². The van der Waals surface area contributed by atoms with Crippen LogP contribution in [0.5, 0.6) is 0 Å². The summed E-state index contributed by atoms with van der Waals surface area (Å²) in [5.41, 5.74) is 1.74. The number of sulfonamides is 1. The van der Waals surface area contributed by atoms with Crippen molar-refractivity contribution in [3.63, 3.8) is 0 Å². The zero-order valence-electron chi connectivity index (χ0n) is 17.2. The Morgan fingerprint density at radius 1 is 1.19 bits per heavy atom. The van der Waals surface area contributed by atoms with Crippen molar-refractivity contribution in [1.29, 1.82) is 0 Å². The number of hydrogen-bond donors (Lipinski definition) is 1. The molecule has 1 fully saturated rings. The van der Waals surface area contributed by atoms with Crippen LogP contribution < -0.4 is 4.72 Å². The molecule has 0 aliphatic carbocycles. The molecule has 0 spiro atoms. The summed E-state index contributed by atoms with van der Waals surface area (Å²) in [6.07, 6.45) is -3.67. The molecular formula is C21H26ClF3N2O3S. The minimum atomic E-state index is -4.38. The minimum Gasteiger partial charge on any atom is -0.371 e. The summed E-state index contributed by atoms with van der Waals surface area (Å²) in [5.74, 6) is 0. The molecule has 10 heteroatoms. The van der Waals surface area contributed by atoms with Crippen molar-refractivity contribution in [2.24, 2.45) is 0 Å². The minimum absolute atomic E-state index is 0. The van der Waals surface area contributed by atoms with Gasteiger partial charge in [-0.05, 0) is 35.7 Å². The van der Waals surface area contributed by atoms with Crippen LogP contribution in [-0.2, 0) is 27.5 Å². The highest BCUT2D eigenvalue weighted by molar-refractivity contribution is 7.88. The SMILES string of the molecule is C[C@@H](NS(C)(=O)=O)c1ccc(CN2CCOC(c3cccc(C(F)(F)F)c3)C2)cc1.Cl. The first kappa shape index (κ1) is 25.6. The van der Waals surface area contributed by atoms with Gasteiger partial charge in [0, 0.05) is 25.7 Å². The van der Waals surface area contributed by atoms with E-state index < -0.39 is 27.9 Å². The molecule has 1 aliphatic heterocycles. The summed E-state index contributed by atoms with van der Waals surface area (Å²) in [6, 6.07) is 12.6. The molecule has 1 N–H and O–H groups in total. The summed E-state index contributed by atoms with van der Waals surface area (Å²) in [7, 11) is -3.29. The molecule has 0 radical (unpaired) electrons. The van der Waals surface area contributed by atoms with E-state index in [2.05, 4.69) is 9.62 Å². The van der Waals surface area contributed by atoms with E-state index in [1.807, 2.05) is 24.3 Å². The number of nitrogens with one attached hydrogen (secondary N) is 1. The van der Waals surface area contributed by atoms with Gasteiger partial charge in [-0.15, -0.1) is 12.4 Å². The van der Waals surface area contributed by atoms with Crippen LogP contribution in [-0.4, -0.2) is 39.3 Å². The van der Waals surface area contributed by atoms with Crippen molar-refractivity contribution in [2.45, 2.75) is 31.8 Å². The zero-order valence-corrected chi connectivity index (χ0v) is 18.9. The highest BCUT2D eigenvalue weighted by atomic mass is 35.5. The van der Waals surface area contributed by atoms with Crippen LogP contribution in [0.3, 0.4) is 0 Å². The highest BCUT2D eigenvalue weighted by Crippen LogP contribution is 2.32. The second-order valence-electron chi connectivity index (χ2n) is 7.57. The van der Waals surface area contributed by atoms with Crippen molar-refractivity contribution in [1.82, 2.24) is 9.62 Å². The number of hydrogen-bond acceptors (Lipinski definition) is 4. The predicted octanol–water partition coefficient (Wildman–Crippen LogP) is 4.31. The molecule has 1 aliphatic rings. The molecule has 1 heterocycles. The molecule has 1 saturated heterocycles. The topological polar surface area (TPSA) is 58.6 Å². The Kier molecular flexibility index (Phi) is 8.52.